The zero-order valence-electron chi connectivity index (χ0n) is 11.9. The molecule has 0 spiro atoms. The van der Waals surface area contributed by atoms with Gasteiger partial charge >= 0.3 is 5.97 Å². The molecular formula is C13H20N2O3S. The largest absolute Gasteiger partial charge is 0.481 e. The molecule has 1 rings (SSSR count). The Labute approximate surface area is 117 Å². The van der Waals surface area contributed by atoms with Crippen molar-refractivity contribution in [2.45, 2.75) is 40.0 Å². The minimum Gasteiger partial charge on any atom is -0.481 e. The Kier molecular flexibility index (Phi) is 4.35. The third kappa shape index (κ3) is 4.02. The van der Waals surface area contributed by atoms with E-state index in [2.05, 4.69) is 10.3 Å². The lowest BCUT2D eigenvalue weighted by Gasteiger charge is -2.19. The topological polar surface area (TPSA) is 79.3 Å². The number of carboxylic acids is 1. The van der Waals surface area contributed by atoms with Gasteiger partial charge in [0.2, 0.25) is 0 Å². The van der Waals surface area contributed by atoms with Crippen LogP contribution < -0.4 is 5.32 Å². The average Bonchev–Trinajstić information content (AvgIpc) is 2.74. The van der Waals surface area contributed by atoms with E-state index in [-0.39, 0.29) is 17.9 Å². The van der Waals surface area contributed by atoms with Crippen molar-refractivity contribution < 1.29 is 14.7 Å². The van der Waals surface area contributed by atoms with Crippen LogP contribution in [0.15, 0.2) is 5.38 Å². The molecule has 5 nitrogen and oxygen atoms in total. The monoisotopic (exact) mass is 284 g/mol. The fraction of sp³-hybridized carbons (Fsp3) is 0.615. The summed E-state index contributed by atoms with van der Waals surface area (Å²) in [6.45, 7) is 9.29. The minimum atomic E-state index is -0.988. The van der Waals surface area contributed by atoms with Gasteiger partial charge in [-0.2, -0.15) is 0 Å². The molecule has 2 N–H and O–H groups in total. The highest BCUT2D eigenvalue weighted by Gasteiger charge is 2.28. The van der Waals surface area contributed by atoms with Gasteiger partial charge in [0.1, 0.15) is 5.69 Å². The first-order valence-corrected chi connectivity index (χ1v) is 6.89. The summed E-state index contributed by atoms with van der Waals surface area (Å²) in [4.78, 5) is 27.1. The van der Waals surface area contributed by atoms with Crippen LogP contribution in [0.4, 0.5) is 0 Å². The van der Waals surface area contributed by atoms with Crippen LogP contribution >= 0.6 is 11.3 Å². The van der Waals surface area contributed by atoms with Crippen molar-refractivity contribution in [2.75, 3.05) is 6.54 Å². The Morgan fingerprint density at radius 2 is 1.89 bits per heavy atom. The number of hydrogen-bond donors (Lipinski definition) is 2. The number of rotatable bonds is 4. The van der Waals surface area contributed by atoms with Crippen LogP contribution in [0.2, 0.25) is 0 Å². The van der Waals surface area contributed by atoms with Crippen LogP contribution in [0, 0.1) is 5.41 Å². The molecule has 0 saturated heterocycles. The van der Waals surface area contributed by atoms with Crippen molar-refractivity contribution in [3.63, 3.8) is 0 Å². The molecule has 0 radical (unpaired) electrons. The summed E-state index contributed by atoms with van der Waals surface area (Å²) in [5.74, 6) is -1.28. The molecule has 1 aromatic heterocycles. The van der Waals surface area contributed by atoms with E-state index in [9.17, 15) is 9.59 Å². The van der Waals surface area contributed by atoms with E-state index in [1.165, 1.54) is 11.3 Å². The number of aliphatic carboxylic acids is 1. The zero-order chi connectivity index (χ0) is 14.8. The summed E-state index contributed by atoms with van der Waals surface area (Å²) in [7, 11) is 0. The number of carbonyl (C=O) groups is 2. The van der Waals surface area contributed by atoms with Gasteiger partial charge in [-0.05, 0) is 13.8 Å². The van der Waals surface area contributed by atoms with E-state index in [4.69, 9.17) is 5.11 Å². The maximum absolute atomic E-state index is 11.9. The molecule has 0 aliphatic carbocycles. The van der Waals surface area contributed by atoms with Gasteiger partial charge in [0.05, 0.1) is 10.4 Å². The molecule has 0 aromatic carbocycles. The summed E-state index contributed by atoms with van der Waals surface area (Å²) in [5.41, 5.74) is -0.738. The van der Waals surface area contributed by atoms with Crippen LogP contribution in [0.3, 0.4) is 0 Å². The average molecular weight is 284 g/mol. The van der Waals surface area contributed by atoms with E-state index in [1.807, 2.05) is 20.8 Å². The summed E-state index contributed by atoms with van der Waals surface area (Å²) >= 11 is 1.44. The number of carbonyl (C=O) groups excluding carboxylic acids is 1. The predicted octanol–water partition coefficient (Wildman–Crippen LogP) is 2.28. The van der Waals surface area contributed by atoms with E-state index in [1.54, 1.807) is 19.2 Å². The Hall–Kier alpha value is -1.43. The molecular weight excluding hydrogens is 264 g/mol. The van der Waals surface area contributed by atoms with Gasteiger partial charge in [-0.25, -0.2) is 4.98 Å². The van der Waals surface area contributed by atoms with E-state index < -0.39 is 11.4 Å². The molecule has 0 unspecified atom stereocenters. The van der Waals surface area contributed by atoms with Crippen LogP contribution in [-0.4, -0.2) is 28.5 Å². The summed E-state index contributed by atoms with van der Waals surface area (Å²) in [6, 6.07) is 0. The van der Waals surface area contributed by atoms with Gasteiger partial charge in [0.25, 0.3) is 5.91 Å². The van der Waals surface area contributed by atoms with Gasteiger partial charge in [-0.3, -0.25) is 9.59 Å². The standard InChI is InChI=1S/C13H20N2O3S/c1-12(2,3)10-15-8(6-19-10)9(16)14-7-13(4,5)11(17)18/h6H,7H2,1-5H3,(H,14,16)(H,17,18). The maximum Gasteiger partial charge on any atom is 0.310 e. The van der Waals surface area contributed by atoms with Crippen LogP contribution in [0.1, 0.15) is 50.1 Å². The number of nitrogens with one attached hydrogen (secondary N) is 1. The first-order chi connectivity index (χ1) is 8.54. The number of nitrogens with zero attached hydrogens (tertiary/aromatic N) is 1. The molecule has 1 heterocycles. The maximum atomic E-state index is 11.9. The molecule has 0 bridgehead atoms. The number of thiazole rings is 1. The van der Waals surface area contributed by atoms with Crippen molar-refractivity contribution in [3.8, 4) is 0 Å². The molecule has 0 aliphatic heterocycles. The summed E-state index contributed by atoms with van der Waals surface area (Å²) in [5, 5.41) is 14.2. The third-order valence-electron chi connectivity index (χ3n) is 2.65. The quantitative estimate of drug-likeness (QED) is 0.889. The Morgan fingerprint density at radius 1 is 1.32 bits per heavy atom. The van der Waals surface area contributed by atoms with E-state index in [0.717, 1.165) is 5.01 Å². The first kappa shape index (κ1) is 15.6. The molecule has 0 fully saturated rings. The molecule has 0 aliphatic rings. The second-order valence-electron chi connectivity index (χ2n) is 6.16. The van der Waals surface area contributed by atoms with Gasteiger partial charge < -0.3 is 10.4 Å². The second kappa shape index (κ2) is 5.28. The van der Waals surface area contributed by atoms with Crippen molar-refractivity contribution in [1.82, 2.24) is 10.3 Å². The van der Waals surface area contributed by atoms with Gasteiger partial charge in [-0.15, -0.1) is 11.3 Å². The van der Waals surface area contributed by atoms with Gasteiger partial charge in [-0.1, -0.05) is 20.8 Å². The lowest BCUT2D eigenvalue weighted by molar-refractivity contribution is -0.146. The van der Waals surface area contributed by atoms with Crippen LogP contribution in [-0.2, 0) is 10.2 Å². The van der Waals surface area contributed by atoms with Crippen molar-refractivity contribution >= 4 is 23.2 Å². The Bertz CT molecular complexity index is 486. The third-order valence-corrected chi connectivity index (χ3v) is 3.92. The van der Waals surface area contributed by atoms with E-state index >= 15 is 0 Å². The van der Waals surface area contributed by atoms with Crippen molar-refractivity contribution in [2.24, 2.45) is 5.41 Å². The predicted molar refractivity (Wildman–Crippen MR) is 74.6 cm³/mol. The van der Waals surface area contributed by atoms with Crippen molar-refractivity contribution in [1.29, 1.82) is 0 Å². The number of carboxylic acid groups (broad SMARTS) is 1. The number of aromatic nitrogens is 1. The number of hydrogen-bond acceptors (Lipinski definition) is 4. The highest BCUT2D eigenvalue weighted by atomic mass is 32.1. The van der Waals surface area contributed by atoms with Crippen LogP contribution in [0.25, 0.3) is 0 Å². The Morgan fingerprint density at radius 3 is 2.32 bits per heavy atom. The summed E-state index contributed by atoms with van der Waals surface area (Å²) in [6.07, 6.45) is 0. The van der Waals surface area contributed by atoms with Crippen LogP contribution in [0.5, 0.6) is 0 Å². The normalized spacial score (nSPS) is 12.3. The fourth-order valence-electron chi connectivity index (χ4n) is 1.19. The molecule has 0 saturated carbocycles. The van der Waals surface area contributed by atoms with E-state index in [0.29, 0.717) is 5.69 Å². The smallest absolute Gasteiger partial charge is 0.310 e. The second-order valence-corrected chi connectivity index (χ2v) is 7.02. The zero-order valence-corrected chi connectivity index (χ0v) is 12.7. The summed E-state index contributed by atoms with van der Waals surface area (Å²) < 4.78 is 0. The lowest BCUT2D eigenvalue weighted by Crippen LogP contribution is -2.39. The minimum absolute atomic E-state index is 0.0730. The molecule has 6 heteroatoms. The lowest BCUT2D eigenvalue weighted by atomic mass is 9.94. The molecule has 1 amide bonds. The number of amides is 1. The molecule has 0 atom stereocenters. The molecule has 106 valence electrons. The highest BCUT2D eigenvalue weighted by molar-refractivity contribution is 7.10. The molecule has 1 aromatic rings. The van der Waals surface area contributed by atoms with Gasteiger partial charge in [0, 0.05) is 17.3 Å². The highest BCUT2D eigenvalue weighted by Crippen LogP contribution is 2.25. The molecule has 19 heavy (non-hydrogen) atoms. The first-order valence-electron chi connectivity index (χ1n) is 6.01. The Balaban J connectivity index is 2.70. The van der Waals surface area contributed by atoms with Gasteiger partial charge in [0.15, 0.2) is 0 Å². The van der Waals surface area contributed by atoms with Crippen molar-refractivity contribution in [3.05, 3.63) is 16.1 Å². The SMILES string of the molecule is CC(C)(CNC(=O)c1csc(C(C)(C)C)n1)C(=O)O. The fourth-order valence-corrected chi connectivity index (χ4v) is 2.08.